The van der Waals surface area contributed by atoms with Crippen LogP contribution in [0, 0.1) is 11.3 Å². The summed E-state index contributed by atoms with van der Waals surface area (Å²) < 4.78 is 39.9. The van der Waals surface area contributed by atoms with Crippen molar-refractivity contribution in [1.29, 1.82) is 5.26 Å². The van der Waals surface area contributed by atoms with Gasteiger partial charge in [0.25, 0.3) is 5.89 Å². The second-order valence-corrected chi connectivity index (χ2v) is 12.1. The first-order valence-corrected chi connectivity index (χ1v) is 14.9. The maximum atomic E-state index is 12.9. The fourth-order valence-electron chi connectivity index (χ4n) is 5.25. The number of hydrogen-bond acceptors (Lipinski definition) is 8. The number of nitrogens with zero attached hydrogens (tertiary/aromatic N) is 4. The molecular formula is C28H33N5O4S. The van der Waals surface area contributed by atoms with Crippen LogP contribution in [0.15, 0.2) is 40.9 Å². The van der Waals surface area contributed by atoms with Gasteiger partial charge in [0, 0.05) is 23.7 Å². The van der Waals surface area contributed by atoms with Crippen molar-refractivity contribution in [2.45, 2.75) is 58.1 Å². The summed E-state index contributed by atoms with van der Waals surface area (Å²) in [6, 6.07) is 12.9. The van der Waals surface area contributed by atoms with Crippen molar-refractivity contribution in [3.63, 3.8) is 0 Å². The van der Waals surface area contributed by atoms with Crippen LogP contribution in [0.3, 0.4) is 0 Å². The molecule has 0 unspecified atom stereocenters. The third-order valence-electron chi connectivity index (χ3n) is 7.09. The summed E-state index contributed by atoms with van der Waals surface area (Å²) in [5.41, 5.74) is 3.84. The molecule has 1 aliphatic heterocycles. The zero-order chi connectivity index (χ0) is 26.7. The van der Waals surface area contributed by atoms with Crippen molar-refractivity contribution >= 4 is 10.0 Å². The first-order valence-electron chi connectivity index (χ1n) is 13.2. The van der Waals surface area contributed by atoms with Gasteiger partial charge in [-0.05, 0) is 81.9 Å². The molecule has 38 heavy (non-hydrogen) atoms. The van der Waals surface area contributed by atoms with E-state index in [1.165, 1.54) is 6.42 Å². The molecule has 3 aromatic rings. The number of ether oxygens (including phenoxy) is 1. The number of sulfonamides is 1. The fourth-order valence-corrected chi connectivity index (χ4v) is 6.55. The molecule has 2 aromatic carbocycles. The van der Waals surface area contributed by atoms with Crippen LogP contribution in [-0.4, -0.2) is 54.9 Å². The largest absolute Gasteiger partial charge is 0.490 e. The lowest BCUT2D eigenvalue weighted by atomic mass is 10.0. The molecule has 0 amide bonds. The topological polar surface area (TPSA) is 121 Å². The van der Waals surface area contributed by atoms with E-state index in [1.54, 1.807) is 18.2 Å². The Hall–Kier alpha value is -3.26. The number of piperidine rings is 1. The maximum Gasteiger partial charge on any atom is 0.258 e. The normalized spacial score (nSPS) is 17.9. The van der Waals surface area contributed by atoms with E-state index < -0.39 is 10.0 Å². The van der Waals surface area contributed by atoms with Crippen molar-refractivity contribution in [2.75, 3.05) is 25.4 Å². The Morgan fingerprint density at radius 3 is 2.79 bits per heavy atom. The van der Waals surface area contributed by atoms with Gasteiger partial charge < -0.3 is 14.2 Å². The van der Waals surface area contributed by atoms with Gasteiger partial charge in [-0.3, -0.25) is 0 Å². The molecule has 2 heterocycles. The SMILES string of the molecule is CC(C)Oc1ccc(-c2nc(-c3cccc4c3CC[C@@H]4NS(=O)(=O)CCN3CCCCC3)no2)cc1C#N. The molecule has 1 atom stereocenters. The van der Waals surface area contributed by atoms with Crippen LogP contribution in [0.4, 0.5) is 0 Å². The number of rotatable bonds is 9. The van der Waals surface area contributed by atoms with Crippen LogP contribution >= 0.6 is 0 Å². The third-order valence-corrected chi connectivity index (χ3v) is 8.46. The minimum absolute atomic E-state index is 0.0499. The predicted molar refractivity (Wildman–Crippen MR) is 144 cm³/mol. The number of nitriles is 1. The molecule has 2 aliphatic rings. The van der Waals surface area contributed by atoms with Crippen molar-refractivity contribution in [3.8, 4) is 34.7 Å². The van der Waals surface area contributed by atoms with Crippen LogP contribution in [0.2, 0.25) is 0 Å². The van der Waals surface area contributed by atoms with Crippen molar-refractivity contribution < 1.29 is 17.7 Å². The Balaban J connectivity index is 1.32. The highest BCUT2D eigenvalue weighted by Gasteiger charge is 2.30. The molecule has 10 heteroatoms. The van der Waals surface area contributed by atoms with Gasteiger partial charge in [0.05, 0.1) is 17.4 Å². The minimum atomic E-state index is -3.41. The van der Waals surface area contributed by atoms with Gasteiger partial charge in [0.1, 0.15) is 11.8 Å². The first kappa shape index (κ1) is 26.4. The highest BCUT2D eigenvalue weighted by Crippen LogP contribution is 2.38. The number of likely N-dealkylation sites (tertiary alicyclic amines) is 1. The van der Waals surface area contributed by atoms with Crippen LogP contribution in [0.1, 0.15) is 62.3 Å². The summed E-state index contributed by atoms with van der Waals surface area (Å²) in [4.78, 5) is 6.84. The van der Waals surface area contributed by atoms with E-state index in [0.29, 0.717) is 48.0 Å². The van der Waals surface area contributed by atoms with E-state index in [4.69, 9.17) is 9.26 Å². The van der Waals surface area contributed by atoms with E-state index in [1.807, 2.05) is 32.0 Å². The van der Waals surface area contributed by atoms with Gasteiger partial charge in [-0.15, -0.1) is 0 Å². The lowest BCUT2D eigenvalue weighted by Gasteiger charge is -2.26. The van der Waals surface area contributed by atoms with Gasteiger partial charge in [0.15, 0.2) is 0 Å². The number of aromatic nitrogens is 2. The molecule has 1 aliphatic carbocycles. The average molecular weight is 536 g/mol. The molecule has 0 bridgehead atoms. The fraction of sp³-hybridized carbons (Fsp3) is 0.464. The summed E-state index contributed by atoms with van der Waals surface area (Å²) in [5.74, 6) is 1.36. The smallest absolute Gasteiger partial charge is 0.258 e. The Morgan fingerprint density at radius 2 is 2.03 bits per heavy atom. The maximum absolute atomic E-state index is 12.9. The molecule has 1 fully saturated rings. The molecule has 0 radical (unpaired) electrons. The van der Waals surface area contributed by atoms with E-state index in [9.17, 15) is 13.7 Å². The predicted octanol–water partition coefficient (Wildman–Crippen LogP) is 4.46. The number of benzene rings is 2. The Kier molecular flexibility index (Phi) is 7.79. The molecule has 1 aromatic heterocycles. The van der Waals surface area contributed by atoms with Crippen LogP contribution in [0.5, 0.6) is 5.75 Å². The van der Waals surface area contributed by atoms with E-state index in [2.05, 4.69) is 25.8 Å². The summed E-state index contributed by atoms with van der Waals surface area (Å²) in [5, 5.41) is 13.8. The molecular weight excluding hydrogens is 502 g/mol. The molecule has 5 rings (SSSR count). The van der Waals surface area contributed by atoms with E-state index >= 15 is 0 Å². The number of fused-ring (bicyclic) bond motifs is 1. The highest BCUT2D eigenvalue weighted by atomic mass is 32.2. The van der Waals surface area contributed by atoms with Gasteiger partial charge >= 0.3 is 0 Å². The van der Waals surface area contributed by atoms with Crippen molar-refractivity contribution in [1.82, 2.24) is 19.8 Å². The van der Waals surface area contributed by atoms with Gasteiger partial charge in [-0.2, -0.15) is 10.2 Å². The summed E-state index contributed by atoms with van der Waals surface area (Å²) in [6.07, 6.45) is 4.86. The summed E-state index contributed by atoms with van der Waals surface area (Å²) in [6.45, 7) is 6.33. The quantitative estimate of drug-likeness (QED) is 0.426. The molecule has 0 spiro atoms. The third kappa shape index (κ3) is 5.90. The number of nitrogens with one attached hydrogen (secondary N) is 1. The van der Waals surface area contributed by atoms with Crippen LogP contribution in [-0.2, 0) is 16.4 Å². The first-order chi connectivity index (χ1) is 18.3. The second-order valence-electron chi connectivity index (χ2n) is 10.2. The molecule has 0 saturated carbocycles. The molecule has 1 N–H and O–H groups in total. The molecule has 1 saturated heterocycles. The monoisotopic (exact) mass is 535 g/mol. The lowest BCUT2D eigenvalue weighted by Crippen LogP contribution is -2.38. The van der Waals surface area contributed by atoms with Gasteiger partial charge in [-0.1, -0.05) is 29.8 Å². The Morgan fingerprint density at radius 1 is 1.21 bits per heavy atom. The Bertz CT molecular complexity index is 1440. The average Bonchev–Trinajstić information content (AvgIpc) is 3.56. The van der Waals surface area contributed by atoms with Crippen LogP contribution in [0.25, 0.3) is 22.8 Å². The van der Waals surface area contributed by atoms with Crippen molar-refractivity contribution in [3.05, 3.63) is 53.1 Å². The Labute approximate surface area is 223 Å². The summed E-state index contributed by atoms with van der Waals surface area (Å²) in [7, 11) is -3.41. The van der Waals surface area contributed by atoms with E-state index in [-0.39, 0.29) is 17.9 Å². The second kappa shape index (κ2) is 11.2. The minimum Gasteiger partial charge on any atom is -0.490 e. The van der Waals surface area contributed by atoms with Crippen molar-refractivity contribution in [2.24, 2.45) is 0 Å². The van der Waals surface area contributed by atoms with Crippen LogP contribution < -0.4 is 9.46 Å². The standard InChI is InChI=1S/C28H33N5O4S/c1-19(2)36-26-12-9-20(17-21(26)18-29)28-30-27(31-37-28)24-8-6-7-23-22(24)10-11-25(23)32-38(34,35)16-15-33-13-4-3-5-14-33/h6-9,12,17,19,25,32H,3-5,10-11,13-16H2,1-2H3/t25-/m0/s1. The molecule has 9 nitrogen and oxygen atoms in total. The van der Waals surface area contributed by atoms with E-state index in [0.717, 1.165) is 42.6 Å². The zero-order valence-electron chi connectivity index (χ0n) is 21.8. The summed E-state index contributed by atoms with van der Waals surface area (Å²) >= 11 is 0. The zero-order valence-corrected chi connectivity index (χ0v) is 22.6. The van der Waals surface area contributed by atoms with Gasteiger partial charge in [0.2, 0.25) is 15.8 Å². The number of hydrogen-bond donors (Lipinski definition) is 1. The molecule has 200 valence electrons. The highest BCUT2D eigenvalue weighted by molar-refractivity contribution is 7.89. The van der Waals surface area contributed by atoms with Gasteiger partial charge in [-0.25, -0.2) is 13.1 Å². The lowest BCUT2D eigenvalue weighted by molar-refractivity contribution is 0.241.